The predicted molar refractivity (Wildman–Crippen MR) is 49.0 cm³/mol. The van der Waals surface area contributed by atoms with Crippen molar-refractivity contribution in [2.45, 2.75) is 6.92 Å². The Morgan fingerprint density at radius 1 is 1.62 bits per heavy atom. The zero-order chi connectivity index (χ0) is 10.1. The van der Waals surface area contributed by atoms with E-state index in [9.17, 15) is 8.42 Å². The second kappa shape index (κ2) is 3.51. The summed E-state index contributed by atoms with van der Waals surface area (Å²) in [6.45, 7) is 1.81. The number of ether oxygens (including phenoxy) is 1. The van der Waals surface area contributed by atoms with Crippen LogP contribution in [0.25, 0.3) is 0 Å². The molecule has 0 atom stereocenters. The maximum absolute atomic E-state index is 11.3. The Morgan fingerprint density at radius 2 is 2.23 bits per heavy atom. The first-order valence-electron chi connectivity index (χ1n) is 3.42. The standard InChI is InChI=1S/C5H8ClN3O3S/c1-3-9-4(6)7-5(12-2)8-13(9,10)11/h3H2,1-2H3. The van der Waals surface area contributed by atoms with Gasteiger partial charge in [-0.2, -0.15) is 13.4 Å². The molecule has 0 aromatic carbocycles. The van der Waals surface area contributed by atoms with E-state index in [0.29, 0.717) is 0 Å². The summed E-state index contributed by atoms with van der Waals surface area (Å²) in [7, 11) is -2.48. The predicted octanol–water partition coefficient (Wildman–Crippen LogP) is 0.164. The molecule has 13 heavy (non-hydrogen) atoms. The van der Waals surface area contributed by atoms with Crippen molar-refractivity contribution in [3.8, 4) is 0 Å². The van der Waals surface area contributed by atoms with Crippen LogP contribution in [-0.2, 0) is 14.9 Å². The molecule has 0 amide bonds. The van der Waals surface area contributed by atoms with Gasteiger partial charge in [0.05, 0.1) is 7.11 Å². The van der Waals surface area contributed by atoms with Crippen LogP contribution in [0.2, 0.25) is 0 Å². The molecular weight excluding hydrogens is 218 g/mol. The maximum atomic E-state index is 11.3. The monoisotopic (exact) mass is 225 g/mol. The van der Waals surface area contributed by atoms with Crippen LogP contribution in [0.15, 0.2) is 9.39 Å². The minimum absolute atomic E-state index is 0.158. The molecule has 1 aliphatic heterocycles. The van der Waals surface area contributed by atoms with Gasteiger partial charge < -0.3 is 4.74 Å². The third-order valence-electron chi connectivity index (χ3n) is 1.34. The highest BCUT2D eigenvalue weighted by atomic mass is 35.5. The molecule has 0 aliphatic carbocycles. The van der Waals surface area contributed by atoms with E-state index in [1.54, 1.807) is 6.92 Å². The molecule has 0 saturated heterocycles. The Bertz CT molecular complexity index is 361. The van der Waals surface area contributed by atoms with E-state index < -0.39 is 10.2 Å². The smallest absolute Gasteiger partial charge is 0.351 e. The lowest BCUT2D eigenvalue weighted by Crippen LogP contribution is -2.36. The lowest BCUT2D eigenvalue weighted by molar-refractivity contribution is 0.395. The van der Waals surface area contributed by atoms with Crippen LogP contribution in [0.1, 0.15) is 6.92 Å². The molecule has 74 valence electrons. The van der Waals surface area contributed by atoms with Crippen molar-refractivity contribution in [2.75, 3.05) is 13.7 Å². The summed E-state index contributed by atoms with van der Waals surface area (Å²) in [5.41, 5.74) is 0. The van der Waals surface area contributed by atoms with Crippen LogP contribution in [0.4, 0.5) is 0 Å². The van der Waals surface area contributed by atoms with Gasteiger partial charge in [-0.05, 0) is 18.5 Å². The number of rotatable bonds is 1. The van der Waals surface area contributed by atoms with Crippen molar-refractivity contribution in [3.63, 3.8) is 0 Å². The Labute approximate surface area is 81.1 Å². The number of amidine groups is 2. The van der Waals surface area contributed by atoms with Crippen molar-refractivity contribution >= 4 is 33.1 Å². The normalized spacial score (nSPS) is 20.7. The average Bonchev–Trinajstić information content (AvgIpc) is 2.02. The van der Waals surface area contributed by atoms with Gasteiger partial charge in [0, 0.05) is 6.54 Å². The Hall–Kier alpha value is -0.820. The number of aliphatic imine (C=N–C) groups is 1. The van der Waals surface area contributed by atoms with E-state index in [1.165, 1.54) is 7.11 Å². The van der Waals surface area contributed by atoms with E-state index in [4.69, 9.17) is 11.6 Å². The minimum atomic E-state index is -3.75. The molecule has 0 spiro atoms. The molecule has 8 heteroatoms. The van der Waals surface area contributed by atoms with Gasteiger partial charge in [-0.1, -0.05) is 4.40 Å². The Morgan fingerprint density at radius 3 is 2.62 bits per heavy atom. The molecule has 0 radical (unpaired) electrons. The van der Waals surface area contributed by atoms with Gasteiger partial charge in [0.15, 0.2) is 0 Å². The average molecular weight is 226 g/mol. The van der Waals surface area contributed by atoms with Crippen molar-refractivity contribution in [1.29, 1.82) is 0 Å². The lowest BCUT2D eigenvalue weighted by atomic mass is 10.8. The fraction of sp³-hybridized carbons (Fsp3) is 0.600. The first-order valence-corrected chi connectivity index (χ1v) is 5.19. The minimum Gasteiger partial charge on any atom is -0.466 e. The van der Waals surface area contributed by atoms with Crippen LogP contribution in [0.5, 0.6) is 0 Å². The van der Waals surface area contributed by atoms with Crippen molar-refractivity contribution in [3.05, 3.63) is 0 Å². The van der Waals surface area contributed by atoms with Gasteiger partial charge in [0.25, 0.3) is 0 Å². The molecule has 0 aromatic heterocycles. The van der Waals surface area contributed by atoms with Crippen LogP contribution >= 0.6 is 11.6 Å². The third-order valence-corrected chi connectivity index (χ3v) is 3.10. The van der Waals surface area contributed by atoms with Gasteiger partial charge in [0.1, 0.15) is 0 Å². The van der Waals surface area contributed by atoms with E-state index in [1.807, 2.05) is 0 Å². The molecule has 0 aromatic rings. The molecule has 1 aliphatic rings. The first-order chi connectivity index (χ1) is 6.01. The van der Waals surface area contributed by atoms with Gasteiger partial charge in [-0.25, -0.2) is 4.31 Å². The number of nitrogens with zero attached hydrogens (tertiary/aromatic N) is 3. The number of hydrogen-bond acceptors (Lipinski definition) is 4. The Kier molecular flexibility index (Phi) is 2.77. The first kappa shape index (κ1) is 10.3. The van der Waals surface area contributed by atoms with Crippen LogP contribution < -0.4 is 0 Å². The highest BCUT2D eigenvalue weighted by Gasteiger charge is 2.28. The van der Waals surface area contributed by atoms with Gasteiger partial charge in [-0.3, -0.25) is 0 Å². The SMILES string of the molecule is CCN1C(Cl)=NC(OC)=NS1(=O)=O. The summed E-state index contributed by atoms with van der Waals surface area (Å²) in [4.78, 5) is 3.61. The van der Waals surface area contributed by atoms with E-state index >= 15 is 0 Å². The van der Waals surface area contributed by atoms with E-state index in [-0.39, 0.29) is 17.9 Å². The molecule has 6 nitrogen and oxygen atoms in total. The summed E-state index contributed by atoms with van der Waals surface area (Å²) in [5, 5.41) is -0.158. The quantitative estimate of drug-likeness (QED) is 0.597. The van der Waals surface area contributed by atoms with Gasteiger partial charge in [-0.15, -0.1) is 0 Å². The fourth-order valence-electron chi connectivity index (χ4n) is 0.775. The lowest BCUT2D eigenvalue weighted by Gasteiger charge is -2.20. The van der Waals surface area contributed by atoms with E-state index in [2.05, 4.69) is 14.1 Å². The van der Waals surface area contributed by atoms with Gasteiger partial charge in [0.2, 0.25) is 5.29 Å². The number of hydrogen-bond donors (Lipinski definition) is 0. The van der Waals surface area contributed by atoms with Crippen molar-refractivity contribution in [2.24, 2.45) is 9.39 Å². The molecule has 0 bridgehead atoms. The summed E-state index contributed by atoms with van der Waals surface area (Å²) in [6, 6.07) is -0.255. The van der Waals surface area contributed by atoms with E-state index in [0.717, 1.165) is 4.31 Å². The maximum Gasteiger partial charge on any atom is 0.351 e. The molecule has 0 fully saturated rings. The zero-order valence-electron chi connectivity index (χ0n) is 7.06. The zero-order valence-corrected chi connectivity index (χ0v) is 8.63. The Balaban J connectivity index is 3.14. The largest absolute Gasteiger partial charge is 0.466 e. The second-order valence-corrected chi connectivity index (χ2v) is 3.96. The third kappa shape index (κ3) is 1.92. The molecule has 1 heterocycles. The highest BCUT2D eigenvalue weighted by Crippen LogP contribution is 2.13. The summed E-state index contributed by atoms with van der Waals surface area (Å²) in [5.74, 6) is 0. The fourth-order valence-corrected chi connectivity index (χ4v) is 2.20. The van der Waals surface area contributed by atoms with Crippen LogP contribution in [0.3, 0.4) is 0 Å². The van der Waals surface area contributed by atoms with Crippen molar-refractivity contribution < 1.29 is 13.2 Å². The highest BCUT2D eigenvalue weighted by molar-refractivity contribution is 7.88. The molecule has 1 rings (SSSR count). The number of halogens is 1. The number of methoxy groups -OCH3 is 1. The summed E-state index contributed by atoms with van der Waals surface area (Å²) >= 11 is 5.58. The summed E-state index contributed by atoms with van der Waals surface area (Å²) < 4.78 is 31.3. The molecule has 0 unspecified atom stereocenters. The topological polar surface area (TPSA) is 71.3 Å². The molecule has 0 saturated carbocycles. The second-order valence-electron chi connectivity index (χ2n) is 2.10. The van der Waals surface area contributed by atoms with Gasteiger partial charge >= 0.3 is 16.2 Å². The summed E-state index contributed by atoms with van der Waals surface area (Å²) in [6.07, 6.45) is 0. The molecule has 0 N–H and O–H groups in total. The van der Waals surface area contributed by atoms with Crippen LogP contribution in [-0.4, -0.2) is 37.7 Å². The van der Waals surface area contributed by atoms with Crippen molar-refractivity contribution in [1.82, 2.24) is 4.31 Å². The van der Waals surface area contributed by atoms with Crippen LogP contribution in [0, 0.1) is 0 Å². The molecular formula is C5H8ClN3O3S.